The Morgan fingerprint density at radius 2 is 2.13 bits per heavy atom. The fraction of sp³-hybridized carbons (Fsp3) is 0.250. The zero-order chi connectivity index (χ0) is 11.6. The van der Waals surface area contributed by atoms with E-state index < -0.39 is 24.5 Å². The zero-order valence-corrected chi connectivity index (χ0v) is 11.5. The third kappa shape index (κ3) is 3.20. The first-order valence-electron chi connectivity index (χ1n) is 3.76. The van der Waals surface area contributed by atoms with Crippen LogP contribution in [0.1, 0.15) is 17.7 Å². The van der Waals surface area contributed by atoms with Crippen LogP contribution in [0.4, 0.5) is 8.78 Å². The maximum atomic E-state index is 12.5. The van der Waals surface area contributed by atoms with E-state index in [1.165, 1.54) is 6.20 Å². The Kier molecular flexibility index (Phi) is 4.62. The summed E-state index contributed by atoms with van der Waals surface area (Å²) in [6.07, 6.45) is -1.86. The summed E-state index contributed by atoms with van der Waals surface area (Å²) >= 11 is 3.78. The molecular formula is C8H5F2I2NO2. The summed E-state index contributed by atoms with van der Waals surface area (Å²) in [6, 6.07) is 0. The summed E-state index contributed by atoms with van der Waals surface area (Å²) in [5.74, 6) is -1.14. The van der Waals surface area contributed by atoms with E-state index in [0.717, 1.165) is 0 Å². The Hall–Kier alpha value is -0.0600. The number of carboxylic acid groups (broad SMARTS) is 1. The van der Waals surface area contributed by atoms with E-state index in [9.17, 15) is 13.6 Å². The number of hydrogen-bond donors (Lipinski definition) is 1. The second-order valence-corrected chi connectivity index (χ2v) is 4.90. The second-order valence-electron chi connectivity index (χ2n) is 2.66. The van der Waals surface area contributed by atoms with Crippen molar-refractivity contribution in [3.63, 3.8) is 0 Å². The maximum absolute atomic E-state index is 12.5. The molecule has 0 radical (unpaired) electrons. The van der Waals surface area contributed by atoms with Gasteiger partial charge in [-0.1, -0.05) is 0 Å². The molecule has 0 spiro atoms. The van der Waals surface area contributed by atoms with E-state index in [0.29, 0.717) is 7.14 Å². The van der Waals surface area contributed by atoms with Crippen LogP contribution in [0, 0.1) is 7.14 Å². The van der Waals surface area contributed by atoms with Crippen molar-refractivity contribution in [1.29, 1.82) is 0 Å². The molecule has 0 aromatic carbocycles. The highest BCUT2D eigenvalue weighted by Gasteiger charge is 2.20. The van der Waals surface area contributed by atoms with E-state index in [-0.39, 0.29) is 5.56 Å². The Bertz CT molecular complexity index is 398. The summed E-state index contributed by atoms with van der Waals surface area (Å²) in [6.45, 7) is 0. The Morgan fingerprint density at radius 1 is 1.53 bits per heavy atom. The molecule has 0 fully saturated rings. The quantitative estimate of drug-likeness (QED) is 0.738. The first-order valence-corrected chi connectivity index (χ1v) is 5.92. The van der Waals surface area contributed by atoms with Crippen LogP contribution >= 0.6 is 45.2 Å². The van der Waals surface area contributed by atoms with Gasteiger partial charge >= 0.3 is 5.97 Å². The lowest BCUT2D eigenvalue weighted by atomic mass is 10.1. The fourth-order valence-corrected chi connectivity index (χ4v) is 2.10. The third-order valence-electron chi connectivity index (χ3n) is 1.64. The number of aromatic nitrogens is 1. The van der Waals surface area contributed by atoms with E-state index >= 15 is 0 Å². The highest BCUT2D eigenvalue weighted by Crippen LogP contribution is 2.27. The second kappa shape index (κ2) is 5.32. The fourth-order valence-electron chi connectivity index (χ4n) is 1.02. The molecule has 15 heavy (non-hydrogen) atoms. The molecule has 1 aromatic rings. The molecule has 0 unspecified atom stereocenters. The summed E-state index contributed by atoms with van der Waals surface area (Å²) in [7, 11) is 0. The molecule has 1 aromatic heterocycles. The van der Waals surface area contributed by atoms with E-state index in [1.54, 1.807) is 0 Å². The minimum absolute atomic E-state index is 0.102. The standard InChI is InChI=1S/C8H5F2I2NO2/c9-8(10)7-3(1-5(14)15)6(12)4(11)2-13-7/h2,8H,1H2,(H,14,15). The number of halogens is 4. The lowest BCUT2D eigenvalue weighted by molar-refractivity contribution is -0.136. The molecule has 0 amide bonds. The normalized spacial score (nSPS) is 10.7. The van der Waals surface area contributed by atoms with Crippen LogP contribution in [0.15, 0.2) is 6.20 Å². The number of rotatable bonds is 3. The van der Waals surface area contributed by atoms with Crippen LogP contribution in [0.5, 0.6) is 0 Å². The number of alkyl halides is 2. The van der Waals surface area contributed by atoms with Gasteiger partial charge in [-0.3, -0.25) is 9.78 Å². The van der Waals surface area contributed by atoms with Gasteiger partial charge in [0.1, 0.15) is 5.69 Å². The van der Waals surface area contributed by atoms with Gasteiger partial charge in [0.2, 0.25) is 0 Å². The lowest BCUT2D eigenvalue weighted by Gasteiger charge is -2.09. The molecule has 0 bridgehead atoms. The van der Waals surface area contributed by atoms with Gasteiger partial charge in [0.05, 0.1) is 6.42 Å². The largest absolute Gasteiger partial charge is 0.481 e. The molecule has 3 nitrogen and oxygen atoms in total. The number of nitrogens with zero attached hydrogens (tertiary/aromatic N) is 1. The van der Waals surface area contributed by atoms with Crippen LogP contribution in [0.25, 0.3) is 0 Å². The van der Waals surface area contributed by atoms with Gasteiger partial charge in [-0.15, -0.1) is 0 Å². The van der Waals surface area contributed by atoms with Crippen molar-refractivity contribution in [3.05, 3.63) is 24.6 Å². The molecular weight excluding hydrogens is 434 g/mol. The van der Waals surface area contributed by atoms with Gasteiger partial charge in [0, 0.05) is 18.9 Å². The molecule has 1 rings (SSSR count). The minimum atomic E-state index is -2.75. The minimum Gasteiger partial charge on any atom is -0.481 e. The van der Waals surface area contributed by atoms with E-state index in [1.807, 2.05) is 45.2 Å². The highest BCUT2D eigenvalue weighted by molar-refractivity contribution is 14.1. The SMILES string of the molecule is O=C(O)Cc1c(C(F)F)ncc(I)c1I. The van der Waals surface area contributed by atoms with Crippen molar-refractivity contribution >= 4 is 51.2 Å². The third-order valence-corrected chi connectivity index (χ3v) is 4.72. The predicted molar refractivity (Wildman–Crippen MR) is 66.0 cm³/mol. The van der Waals surface area contributed by atoms with E-state index in [4.69, 9.17) is 5.11 Å². The van der Waals surface area contributed by atoms with Gasteiger partial charge < -0.3 is 5.11 Å². The number of carboxylic acids is 1. The van der Waals surface area contributed by atoms with Gasteiger partial charge in [-0.25, -0.2) is 8.78 Å². The van der Waals surface area contributed by atoms with Gasteiger partial charge in [0.25, 0.3) is 6.43 Å². The van der Waals surface area contributed by atoms with Crippen molar-refractivity contribution in [1.82, 2.24) is 4.98 Å². The first-order chi connectivity index (χ1) is 6.93. The van der Waals surface area contributed by atoms with Crippen LogP contribution in [-0.4, -0.2) is 16.1 Å². The number of aliphatic carboxylic acids is 1. The van der Waals surface area contributed by atoms with Crippen LogP contribution in [0.2, 0.25) is 0 Å². The molecule has 0 aliphatic heterocycles. The molecule has 0 aliphatic carbocycles. The smallest absolute Gasteiger partial charge is 0.307 e. The molecule has 7 heteroatoms. The van der Waals surface area contributed by atoms with Crippen LogP contribution < -0.4 is 0 Å². The van der Waals surface area contributed by atoms with Crippen molar-refractivity contribution < 1.29 is 18.7 Å². The molecule has 1 N–H and O–H groups in total. The van der Waals surface area contributed by atoms with Crippen LogP contribution in [-0.2, 0) is 11.2 Å². The van der Waals surface area contributed by atoms with Gasteiger partial charge in [-0.2, -0.15) is 0 Å². The van der Waals surface area contributed by atoms with Gasteiger partial charge in [0.15, 0.2) is 0 Å². The lowest BCUT2D eigenvalue weighted by Crippen LogP contribution is -2.09. The Balaban J connectivity index is 3.28. The van der Waals surface area contributed by atoms with Gasteiger partial charge in [-0.05, 0) is 45.2 Å². The van der Waals surface area contributed by atoms with E-state index in [2.05, 4.69) is 4.98 Å². The van der Waals surface area contributed by atoms with Crippen molar-refractivity contribution in [2.75, 3.05) is 0 Å². The molecule has 1 heterocycles. The first kappa shape index (κ1) is 13.0. The topological polar surface area (TPSA) is 50.2 Å². The number of carbonyl (C=O) groups is 1. The van der Waals surface area contributed by atoms with Crippen molar-refractivity contribution in [3.8, 4) is 0 Å². The summed E-state index contributed by atoms with van der Waals surface area (Å²) in [5.41, 5.74) is -0.341. The maximum Gasteiger partial charge on any atom is 0.307 e. The Labute approximate surface area is 112 Å². The Morgan fingerprint density at radius 3 is 2.60 bits per heavy atom. The monoisotopic (exact) mass is 439 g/mol. The number of pyridine rings is 1. The average Bonchev–Trinajstić information content (AvgIpc) is 2.12. The molecule has 0 saturated heterocycles. The van der Waals surface area contributed by atoms with Crippen molar-refractivity contribution in [2.24, 2.45) is 0 Å². The summed E-state index contributed by atoms with van der Waals surface area (Å²) in [5, 5.41) is 8.61. The predicted octanol–water partition coefficient (Wildman–Crippen LogP) is 2.86. The highest BCUT2D eigenvalue weighted by atomic mass is 127. The molecule has 0 atom stereocenters. The van der Waals surface area contributed by atoms with Crippen molar-refractivity contribution in [2.45, 2.75) is 12.8 Å². The molecule has 82 valence electrons. The molecule has 0 aliphatic rings. The average molecular weight is 439 g/mol. The zero-order valence-electron chi connectivity index (χ0n) is 7.18. The summed E-state index contributed by atoms with van der Waals surface area (Å²) < 4.78 is 26.3. The number of hydrogen-bond acceptors (Lipinski definition) is 2. The van der Waals surface area contributed by atoms with Crippen LogP contribution in [0.3, 0.4) is 0 Å². The molecule has 0 saturated carbocycles. The summed E-state index contributed by atoms with van der Waals surface area (Å²) in [4.78, 5) is 14.1.